The van der Waals surface area contributed by atoms with Crippen molar-refractivity contribution in [2.75, 3.05) is 6.54 Å². The van der Waals surface area contributed by atoms with Gasteiger partial charge in [-0.25, -0.2) is 13.1 Å². The molecule has 0 saturated heterocycles. The molecule has 20 heavy (non-hydrogen) atoms. The number of rotatable bonds is 7. The van der Waals surface area contributed by atoms with Gasteiger partial charge in [0, 0.05) is 18.7 Å². The van der Waals surface area contributed by atoms with Gasteiger partial charge >= 0.3 is 0 Å². The van der Waals surface area contributed by atoms with Crippen LogP contribution in [0.25, 0.3) is 0 Å². The molecular weight excluding hydrogens is 276 g/mol. The number of nitrogens with one attached hydrogen (secondary N) is 2. The van der Waals surface area contributed by atoms with Crippen molar-refractivity contribution in [2.24, 2.45) is 11.8 Å². The molecule has 6 heteroatoms. The SMILES string of the molecule is Cc1oc(CNC(C)C)cc1S(=O)(=O)NCC1CC1C. The zero-order valence-corrected chi connectivity index (χ0v) is 13.4. The lowest BCUT2D eigenvalue weighted by Crippen LogP contribution is -2.26. The van der Waals surface area contributed by atoms with Crippen LogP contribution >= 0.6 is 0 Å². The Kier molecular flexibility index (Phi) is 4.56. The van der Waals surface area contributed by atoms with Crippen molar-refractivity contribution in [2.45, 2.75) is 51.6 Å². The van der Waals surface area contributed by atoms with E-state index in [9.17, 15) is 8.42 Å². The number of hydrogen-bond donors (Lipinski definition) is 2. The van der Waals surface area contributed by atoms with E-state index in [2.05, 4.69) is 17.0 Å². The summed E-state index contributed by atoms with van der Waals surface area (Å²) in [5, 5.41) is 3.21. The molecule has 2 atom stereocenters. The standard InChI is InChI=1S/C14H24N2O3S/c1-9(2)15-8-13-6-14(11(4)19-13)20(17,18)16-7-12-5-10(12)3/h6,9-10,12,15-16H,5,7-8H2,1-4H3. The van der Waals surface area contributed by atoms with E-state index in [-0.39, 0.29) is 4.90 Å². The molecule has 114 valence electrons. The molecule has 0 aliphatic heterocycles. The second-order valence-electron chi connectivity index (χ2n) is 5.99. The van der Waals surface area contributed by atoms with Gasteiger partial charge in [0.25, 0.3) is 0 Å². The molecule has 1 heterocycles. The number of furan rings is 1. The van der Waals surface area contributed by atoms with Crippen LogP contribution in [0, 0.1) is 18.8 Å². The first kappa shape index (κ1) is 15.5. The molecule has 2 N–H and O–H groups in total. The fourth-order valence-electron chi connectivity index (χ4n) is 2.16. The summed E-state index contributed by atoms with van der Waals surface area (Å²) in [6.45, 7) is 8.95. The zero-order chi connectivity index (χ0) is 14.9. The van der Waals surface area contributed by atoms with Crippen LogP contribution in [0.4, 0.5) is 0 Å². The van der Waals surface area contributed by atoms with E-state index in [4.69, 9.17) is 4.42 Å². The highest BCUT2D eigenvalue weighted by molar-refractivity contribution is 7.89. The van der Waals surface area contributed by atoms with Crippen LogP contribution in [-0.2, 0) is 16.6 Å². The van der Waals surface area contributed by atoms with E-state index in [1.807, 2.05) is 13.8 Å². The third-order valence-corrected chi connectivity index (χ3v) is 5.24. The van der Waals surface area contributed by atoms with Crippen LogP contribution < -0.4 is 10.0 Å². The lowest BCUT2D eigenvalue weighted by atomic mass is 10.3. The Morgan fingerprint density at radius 2 is 2.10 bits per heavy atom. The van der Waals surface area contributed by atoms with E-state index in [1.54, 1.807) is 13.0 Å². The normalized spacial score (nSPS) is 22.4. The summed E-state index contributed by atoms with van der Waals surface area (Å²) in [5.41, 5.74) is 0. The summed E-state index contributed by atoms with van der Waals surface area (Å²) in [6.07, 6.45) is 1.11. The molecule has 0 radical (unpaired) electrons. The molecule has 1 aromatic heterocycles. The maximum absolute atomic E-state index is 12.3. The Morgan fingerprint density at radius 3 is 2.65 bits per heavy atom. The minimum absolute atomic E-state index is 0.256. The van der Waals surface area contributed by atoms with E-state index < -0.39 is 10.0 Å². The fourth-order valence-corrected chi connectivity index (χ4v) is 3.46. The van der Waals surface area contributed by atoms with Crippen molar-refractivity contribution >= 4 is 10.0 Å². The van der Waals surface area contributed by atoms with Crippen molar-refractivity contribution < 1.29 is 12.8 Å². The molecule has 1 aliphatic carbocycles. The van der Waals surface area contributed by atoms with Gasteiger partial charge in [0.05, 0.1) is 6.54 Å². The molecule has 1 fully saturated rings. The lowest BCUT2D eigenvalue weighted by molar-refractivity contribution is 0.444. The Balaban J connectivity index is 2.02. The van der Waals surface area contributed by atoms with E-state index in [0.717, 1.165) is 6.42 Å². The topological polar surface area (TPSA) is 71.3 Å². The van der Waals surface area contributed by atoms with Gasteiger partial charge in [-0.1, -0.05) is 20.8 Å². The van der Waals surface area contributed by atoms with Gasteiger partial charge in [0.2, 0.25) is 10.0 Å². The highest BCUT2D eigenvalue weighted by Crippen LogP contribution is 2.37. The minimum Gasteiger partial charge on any atom is -0.464 e. The maximum atomic E-state index is 12.3. The number of hydrogen-bond acceptors (Lipinski definition) is 4. The Morgan fingerprint density at radius 1 is 1.45 bits per heavy atom. The number of sulfonamides is 1. The quantitative estimate of drug-likeness (QED) is 0.808. The minimum atomic E-state index is -3.46. The second-order valence-corrected chi connectivity index (χ2v) is 7.73. The third kappa shape index (κ3) is 3.84. The Labute approximate surface area is 121 Å². The predicted molar refractivity (Wildman–Crippen MR) is 77.9 cm³/mol. The fraction of sp³-hybridized carbons (Fsp3) is 0.714. The van der Waals surface area contributed by atoms with Crippen LogP contribution in [0.15, 0.2) is 15.4 Å². The highest BCUT2D eigenvalue weighted by atomic mass is 32.2. The summed E-state index contributed by atoms with van der Waals surface area (Å²) in [7, 11) is -3.46. The first-order valence-electron chi connectivity index (χ1n) is 7.12. The molecule has 0 aromatic carbocycles. The largest absolute Gasteiger partial charge is 0.464 e. The molecule has 1 saturated carbocycles. The molecule has 1 aromatic rings. The predicted octanol–water partition coefficient (Wildman–Crippen LogP) is 2.02. The van der Waals surface area contributed by atoms with Gasteiger partial charge in [0.15, 0.2) is 0 Å². The van der Waals surface area contributed by atoms with Gasteiger partial charge in [-0.2, -0.15) is 0 Å². The van der Waals surface area contributed by atoms with Gasteiger partial charge in [-0.15, -0.1) is 0 Å². The van der Waals surface area contributed by atoms with Gasteiger partial charge in [-0.05, 0) is 25.2 Å². The van der Waals surface area contributed by atoms with Crippen molar-refractivity contribution in [1.29, 1.82) is 0 Å². The molecule has 5 nitrogen and oxygen atoms in total. The summed E-state index contributed by atoms with van der Waals surface area (Å²) in [5.74, 6) is 2.21. The number of aryl methyl sites for hydroxylation is 1. The molecule has 1 aliphatic rings. The summed E-state index contributed by atoms with van der Waals surface area (Å²) in [6, 6.07) is 1.94. The highest BCUT2D eigenvalue weighted by Gasteiger charge is 2.34. The van der Waals surface area contributed by atoms with Crippen LogP contribution in [0.1, 0.15) is 38.7 Å². The first-order chi connectivity index (χ1) is 9.29. The van der Waals surface area contributed by atoms with Crippen molar-refractivity contribution in [3.8, 4) is 0 Å². The van der Waals surface area contributed by atoms with E-state index in [1.165, 1.54) is 0 Å². The van der Waals surface area contributed by atoms with Crippen molar-refractivity contribution in [3.05, 3.63) is 17.6 Å². The first-order valence-corrected chi connectivity index (χ1v) is 8.60. The van der Waals surface area contributed by atoms with E-state index in [0.29, 0.717) is 42.5 Å². The summed E-state index contributed by atoms with van der Waals surface area (Å²) in [4.78, 5) is 0.256. The average Bonchev–Trinajstić information content (AvgIpc) is 2.91. The molecule has 2 rings (SSSR count). The molecular formula is C14H24N2O3S. The molecule has 2 unspecified atom stereocenters. The van der Waals surface area contributed by atoms with Crippen LogP contribution in [0.3, 0.4) is 0 Å². The Bertz CT molecular complexity index is 563. The second kappa shape index (κ2) is 5.87. The third-order valence-electron chi connectivity index (χ3n) is 3.71. The average molecular weight is 300 g/mol. The molecule has 0 amide bonds. The summed E-state index contributed by atoms with van der Waals surface area (Å²) < 4.78 is 32.7. The van der Waals surface area contributed by atoms with Crippen LogP contribution in [-0.4, -0.2) is 21.0 Å². The van der Waals surface area contributed by atoms with Crippen molar-refractivity contribution in [3.63, 3.8) is 0 Å². The van der Waals surface area contributed by atoms with E-state index >= 15 is 0 Å². The molecule has 0 bridgehead atoms. The zero-order valence-electron chi connectivity index (χ0n) is 12.6. The Hall–Kier alpha value is -0.850. The monoisotopic (exact) mass is 300 g/mol. The van der Waals surface area contributed by atoms with Gasteiger partial charge in [0.1, 0.15) is 16.4 Å². The van der Waals surface area contributed by atoms with Gasteiger partial charge in [-0.3, -0.25) is 0 Å². The maximum Gasteiger partial charge on any atom is 0.244 e. The van der Waals surface area contributed by atoms with Crippen LogP contribution in [0.2, 0.25) is 0 Å². The van der Waals surface area contributed by atoms with Crippen molar-refractivity contribution in [1.82, 2.24) is 10.0 Å². The molecule has 0 spiro atoms. The smallest absolute Gasteiger partial charge is 0.244 e. The summed E-state index contributed by atoms with van der Waals surface area (Å²) >= 11 is 0. The van der Waals surface area contributed by atoms with Gasteiger partial charge < -0.3 is 9.73 Å². The van der Waals surface area contributed by atoms with Crippen LogP contribution in [0.5, 0.6) is 0 Å². The lowest BCUT2D eigenvalue weighted by Gasteiger charge is -2.04.